The number of benzene rings is 4. The van der Waals surface area contributed by atoms with E-state index in [1.165, 1.54) is 7.11 Å². The maximum absolute atomic E-state index is 12.9. The van der Waals surface area contributed by atoms with Crippen LogP contribution in [0, 0.1) is 0 Å². The first-order valence-electron chi connectivity index (χ1n) is 33.1. The van der Waals surface area contributed by atoms with Crippen molar-refractivity contribution in [2.75, 3.05) is 60.0 Å². The molecule has 0 aliphatic heterocycles. The highest BCUT2D eigenvalue weighted by Gasteiger charge is 2.26. The molecular weight excluding hydrogens is 1140 g/mol. The molecule has 1 aliphatic rings. The number of esters is 5. The number of ether oxygens (including phenoxy) is 9. The Morgan fingerprint density at radius 3 is 0.867 bits per heavy atom. The van der Waals surface area contributed by atoms with Crippen LogP contribution in [0.25, 0.3) is 0 Å². The molecule has 90 heavy (non-hydrogen) atoms. The largest absolute Gasteiger partial charge is 0.489 e. The quantitative estimate of drug-likeness (QED) is 0.0157. The standard InChI is InChI=1S/C76H102O14/c1-11-16-20-24-28-56-42-60-50-62-44-57(29-25-21-17-12-2)45-63(72(62)86-37-35-84-70(79)33-32-69(78)82-10)52-65-47-59(31-27-23-19-14-4)49-67(74(65)88-39-41-90-76(81)55(8)9)53-66-48-58(30-26-22-18-13-3)46-64(73(66)87-38-40-89-75(80)54(6)7)51-61(43-56)71(60)85-36-34-83-68(77)15-5/h15,32-33,42-49H,5-6,8,11-14,16-31,34-41,50-53H2,1-4,7,9-10H3/b33-32-. The van der Waals surface area contributed by atoms with E-state index >= 15 is 0 Å². The summed E-state index contributed by atoms with van der Waals surface area (Å²) in [6.45, 7) is 23.3. The molecule has 5 rings (SSSR count). The van der Waals surface area contributed by atoms with Crippen molar-refractivity contribution < 1.29 is 66.6 Å². The van der Waals surface area contributed by atoms with Crippen molar-refractivity contribution in [1.82, 2.24) is 0 Å². The summed E-state index contributed by atoms with van der Waals surface area (Å²) < 4.78 is 55.1. The minimum Gasteiger partial charge on any atom is -0.489 e. The molecule has 14 nitrogen and oxygen atoms in total. The monoisotopic (exact) mass is 1240 g/mol. The molecule has 0 fully saturated rings. The third-order valence-electron chi connectivity index (χ3n) is 15.7. The van der Waals surface area contributed by atoms with Gasteiger partial charge in [-0.1, -0.05) is 173 Å². The van der Waals surface area contributed by atoms with Crippen molar-refractivity contribution in [3.8, 4) is 23.0 Å². The summed E-state index contributed by atoms with van der Waals surface area (Å²) in [6.07, 6.45) is 25.1. The van der Waals surface area contributed by atoms with Crippen molar-refractivity contribution >= 4 is 29.8 Å². The van der Waals surface area contributed by atoms with Crippen molar-refractivity contribution in [2.24, 2.45) is 0 Å². The second-order valence-electron chi connectivity index (χ2n) is 23.5. The number of fused-ring (bicyclic) bond motifs is 8. The fraction of sp³-hybridized carbons (Fsp3) is 0.513. The van der Waals surface area contributed by atoms with Gasteiger partial charge in [-0.2, -0.15) is 0 Å². The second-order valence-corrected chi connectivity index (χ2v) is 23.5. The number of unbranched alkanes of at least 4 members (excludes halogenated alkanes) is 12. The molecule has 14 heteroatoms. The van der Waals surface area contributed by atoms with Gasteiger partial charge in [-0.25, -0.2) is 24.0 Å². The zero-order valence-corrected chi connectivity index (χ0v) is 55.3. The fourth-order valence-electron chi connectivity index (χ4n) is 11.2. The summed E-state index contributed by atoms with van der Waals surface area (Å²) in [5.41, 5.74) is 12.5. The van der Waals surface area contributed by atoms with Crippen LogP contribution in [0.5, 0.6) is 23.0 Å². The summed E-state index contributed by atoms with van der Waals surface area (Å²) in [7, 11) is 1.24. The first kappa shape index (κ1) is 73.1. The Kier molecular flexibility index (Phi) is 33.2. The normalized spacial score (nSPS) is 11.8. The summed E-state index contributed by atoms with van der Waals surface area (Å²) >= 11 is 0. The molecule has 0 saturated heterocycles. The van der Waals surface area contributed by atoms with Crippen LogP contribution in [0.3, 0.4) is 0 Å². The Bertz CT molecular complexity index is 3040. The third-order valence-corrected chi connectivity index (χ3v) is 15.7. The number of hydrogen-bond donors (Lipinski definition) is 0. The van der Waals surface area contributed by atoms with Gasteiger partial charge in [0.2, 0.25) is 0 Å². The molecule has 0 spiro atoms. The molecule has 0 unspecified atom stereocenters. The Balaban J connectivity index is 1.93. The first-order valence-corrected chi connectivity index (χ1v) is 33.1. The van der Waals surface area contributed by atoms with Crippen LogP contribution in [-0.2, 0) is 99.0 Å². The summed E-state index contributed by atoms with van der Waals surface area (Å²) in [5, 5.41) is 0. The first-order chi connectivity index (χ1) is 43.6. The molecule has 0 heterocycles. The summed E-state index contributed by atoms with van der Waals surface area (Å²) in [4.78, 5) is 63.0. The highest BCUT2D eigenvalue weighted by molar-refractivity contribution is 5.91. The van der Waals surface area contributed by atoms with Gasteiger partial charge in [0.25, 0.3) is 0 Å². The van der Waals surface area contributed by atoms with Crippen LogP contribution in [-0.4, -0.2) is 89.8 Å². The van der Waals surface area contributed by atoms with Crippen LogP contribution in [0.2, 0.25) is 0 Å². The zero-order valence-electron chi connectivity index (χ0n) is 55.3. The molecule has 4 aromatic carbocycles. The topological polar surface area (TPSA) is 168 Å². The number of carbonyl (C=O) groups excluding carboxylic acids is 5. The van der Waals surface area contributed by atoms with Crippen molar-refractivity contribution in [3.63, 3.8) is 0 Å². The molecule has 0 N–H and O–H groups in total. The minimum absolute atomic E-state index is 0.00913. The SMILES string of the molecule is C=CC(=O)OCCOc1c2cc(CCCCCC)cc1Cc1cc(CCCCCC)cc(c1OCCOC(=O)C(=C)C)Cc1cc(CCCCCC)cc(c1OCCOC(=O)C(=C)C)Cc1cc(CCCCCC)cc(c1OCCOC(=O)/C=C\C(=O)OC)C2. The van der Waals surface area contributed by atoms with E-state index in [0.717, 1.165) is 213 Å². The molecule has 8 bridgehead atoms. The number of hydrogen-bond acceptors (Lipinski definition) is 14. The average molecular weight is 1240 g/mol. The molecular formula is C76H102O14. The molecule has 1 aliphatic carbocycles. The molecule has 4 aromatic rings. The van der Waals surface area contributed by atoms with E-state index < -0.39 is 29.8 Å². The van der Waals surface area contributed by atoms with Gasteiger partial charge in [0, 0.05) is 55.1 Å². The number of aryl methyl sites for hydroxylation is 4. The minimum atomic E-state index is -0.718. The molecule has 490 valence electrons. The summed E-state index contributed by atoms with van der Waals surface area (Å²) in [6, 6.07) is 18.0. The maximum atomic E-state index is 12.9. The van der Waals surface area contributed by atoms with E-state index in [1.54, 1.807) is 13.8 Å². The van der Waals surface area contributed by atoms with E-state index in [4.69, 9.17) is 42.6 Å². The van der Waals surface area contributed by atoms with Gasteiger partial charge < -0.3 is 42.6 Å². The van der Waals surface area contributed by atoms with Gasteiger partial charge in [0.05, 0.1) is 7.11 Å². The number of rotatable bonds is 41. The van der Waals surface area contributed by atoms with E-state index in [2.05, 4.69) is 96.0 Å². The molecule has 0 atom stereocenters. The predicted molar refractivity (Wildman–Crippen MR) is 355 cm³/mol. The molecule has 0 saturated carbocycles. The van der Waals surface area contributed by atoms with E-state index in [0.29, 0.717) is 54.3 Å². The van der Waals surface area contributed by atoms with Crippen LogP contribution in [0.4, 0.5) is 0 Å². The maximum Gasteiger partial charge on any atom is 0.333 e. The van der Waals surface area contributed by atoms with Crippen LogP contribution in [0.1, 0.15) is 211 Å². The van der Waals surface area contributed by atoms with Crippen LogP contribution in [0.15, 0.2) is 97.6 Å². The van der Waals surface area contributed by atoms with Gasteiger partial charge in [0.1, 0.15) is 75.9 Å². The van der Waals surface area contributed by atoms with Crippen LogP contribution < -0.4 is 18.9 Å². The van der Waals surface area contributed by atoms with Gasteiger partial charge in [0.15, 0.2) is 0 Å². The smallest absolute Gasteiger partial charge is 0.333 e. The summed E-state index contributed by atoms with van der Waals surface area (Å²) in [5.74, 6) is -0.360. The molecule has 0 amide bonds. The van der Waals surface area contributed by atoms with Gasteiger partial charge >= 0.3 is 29.8 Å². The third kappa shape index (κ3) is 25.3. The molecule has 0 aromatic heterocycles. The Hall–Kier alpha value is -7.61. The number of methoxy groups -OCH3 is 1. The van der Waals surface area contributed by atoms with Crippen molar-refractivity contribution in [2.45, 2.75) is 196 Å². The lowest BCUT2D eigenvalue weighted by atomic mass is 9.87. The molecule has 0 radical (unpaired) electrons. The lowest BCUT2D eigenvalue weighted by Crippen LogP contribution is -2.16. The lowest BCUT2D eigenvalue weighted by Gasteiger charge is -2.25. The van der Waals surface area contributed by atoms with E-state index in [9.17, 15) is 24.0 Å². The highest BCUT2D eigenvalue weighted by Crippen LogP contribution is 2.42. The van der Waals surface area contributed by atoms with Crippen molar-refractivity contribution in [1.29, 1.82) is 0 Å². The van der Waals surface area contributed by atoms with Gasteiger partial charge in [-0.05, 0) is 132 Å². The van der Waals surface area contributed by atoms with Crippen molar-refractivity contribution in [3.05, 3.63) is 164 Å². The lowest BCUT2D eigenvalue weighted by molar-refractivity contribution is -0.140. The van der Waals surface area contributed by atoms with E-state index in [1.807, 2.05) is 0 Å². The zero-order chi connectivity index (χ0) is 65.0. The predicted octanol–water partition coefficient (Wildman–Crippen LogP) is 15.6. The number of carbonyl (C=O) groups is 5. The van der Waals surface area contributed by atoms with E-state index in [-0.39, 0.29) is 58.4 Å². The van der Waals surface area contributed by atoms with Gasteiger partial charge in [-0.3, -0.25) is 0 Å². The Morgan fingerprint density at radius 2 is 0.622 bits per heavy atom. The van der Waals surface area contributed by atoms with Crippen LogP contribution >= 0.6 is 0 Å². The highest BCUT2D eigenvalue weighted by atomic mass is 16.6. The average Bonchev–Trinajstić information content (AvgIpc) is 0.844. The van der Waals surface area contributed by atoms with Gasteiger partial charge in [-0.15, -0.1) is 0 Å². The second kappa shape index (κ2) is 40.9. The Labute approximate surface area is 537 Å². The fourth-order valence-corrected chi connectivity index (χ4v) is 11.2. The Morgan fingerprint density at radius 1 is 0.367 bits per heavy atom.